The fourth-order valence-corrected chi connectivity index (χ4v) is 4.20. The number of carbonyl (C=O) groups excluding carboxylic acids is 2. The van der Waals surface area contributed by atoms with Crippen LogP contribution in [-0.2, 0) is 4.74 Å². The first-order chi connectivity index (χ1) is 15.8. The van der Waals surface area contributed by atoms with Gasteiger partial charge in [-0.15, -0.1) is 11.8 Å². The highest BCUT2D eigenvalue weighted by Crippen LogP contribution is 2.26. The molecule has 0 aliphatic rings. The Balaban J connectivity index is 1.53. The van der Waals surface area contributed by atoms with Gasteiger partial charge < -0.3 is 13.7 Å². The van der Waals surface area contributed by atoms with Gasteiger partial charge in [-0.2, -0.15) is 0 Å². The molecule has 170 valence electrons. The van der Waals surface area contributed by atoms with Gasteiger partial charge >= 0.3 is 5.97 Å². The maximum Gasteiger partial charge on any atom is 0.343 e. The van der Waals surface area contributed by atoms with Gasteiger partial charge in [0.25, 0.3) is 0 Å². The molecule has 9 nitrogen and oxygen atoms in total. The quantitative estimate of drug-likeness (QED) is 0.168. The number of aromatic nitrogens is 4. The Morgan fingerprint density at radius 1 is 1.15 bits per heavy atom. The van der Waals surface area contributed by atoms with Crippen LogP contribution >= 0.6 is 11.8 Å². The third-order valence-electron chi connectivity index (χ3n) is 5.11. The van der Waals surface area contributed by atoms with E-state index in [2.05, 4.69) is 15.1 Å². The molecular formula is C23H22N4O5S. The van der Waals surface area contributed by atoms with Crippen LogP contribution in [0.1, 0.15) is 43.6 Å². The summed E-state index contributed by atoms with van der Waals surface area (Å²) in [5.74, 6) is 1.16. The molecule has 0 aliphatic carbocycles. The number of esters is 1. The molecule has 4 aromatic heterocycles. The minimum atomic E-state index is -0.655. The average Bonchev–Trinajstić information content (AvgIpc) is 3.52. The summed E-state index contributed by atoms with van der Waals surface area (Å²) in [6, 6.07) is 7.01. The van der Waals surface area contributed by atoms with Gasteiger partial charge in [0.1, 0.15) is 16.3 Å². The van der Waals surface area contributed by atoms with Gasteiger partial charge in [0.15, 0.2) is 24.0 Å². The van der Waals surface area contributed by atoms with E-state index >= 15 is 0 Å². The standard InChI is InChI=1S/C23H22N4O5S/c1-12-9-16(15(4)27(12)19-10-13(2)32-26-19)17(28)11-31-23(29)20-14(3)24-21(25-22(20)33-5)18-7-6-8-30-18/h6-10H,11H2,1-5H3. The lowest BCUT2D eigenvalue weighted by molar-refractivity contribution is 0.0469. The molecule has 10 heteroatoms. The van der Waals surface area contributed by atoms with Gasteiger partial charge in [0.2, 0.25) is 5.78 Å². The molecule has 4 rings (SSSR count). The number of ketones is 1. The van der Waals surface area contributed by atoms with E-state index < -0.39 is 12.6 Å². The fraction of sp³-hybridized carbons (Fsp3) is 0.261. The predicted molar refractivity (Wildman–Crippen MR) is 121 cm³/mol. The summed E-state index contributed by atoms with van der Waals surface area (Å²) in [5.41, 5.74) is 2.63. The molecule has 0 unspecified atom stereocenters. The summed E-state index contributed by atoms with van der Waals surface area (Å²) in [4.78, 5) is 34.5. The first-order valence-corrected chi connectivity index (χ1v) is 11.3. The lowest BCUT2D eigenvalue weighted by atomic mass is 10.1. The zero-order valence-corrected chi connectivity index (χ0v) is 19.6. The van der Waals surface area contributed by atoms with Crippen molar-refractivity contribution in [2.75, 3.05) is 12.9 Å². The molecule has 0 saturated carbocycles. The molecule has 0 bridgehead atoms. The molecule has 0 radical (unpaired) electrons. The van der Waals surface area contributed by atoms with E-state index in [9.17, 15) is 9.59 Å². The largest absolute Gasteiger partial charge is 0.461 e. The molecule has 4 heterocycles. The van der Waals surface area contributed by atoms with E-state index in [1.165, 1.54) is 18.0 Å². The maximum absolute atomic E-state index is 12.9. The van der Waals surface area contributed by atoms with Crippen LogP contribution in [0.3, 0.4) is 0 Å². The van der Waals surface area contributed by atoms with Crippen molar-refractivity contribution in [1.82, 2.24) is 19.7 Å². The predicted octanol–water partition coefficient (Wildman–Crippen LogP) is 4.51. The Hall–Kier alpha value is -3.66. The Morgan fingerprint density at radius 3 is 2.58 bits per heavy atom. The van der Waals surface area contributed by atoms with Gasteiger partial charge in [0, 0.05) is 23.0 Å². The highest BCUT2D eigenvalue weighted by molar-refractivity contribution is 7.98. The van der Waals surface area contributed by atoms with Crippen LogP contribution in [0, 0.1) is 27.7 Å². The lowest BCUT2D eigenvalue weighted by Crippen LogP contribution is -2.17. The number of Topliss-reactive ketones (excluding diaryl/α,β-unsaturated/α-hetero) is 1. The molecule has 33 heavy (non-hydrogen) atoms. The van der Waals surface area contributed by atoms with Gasteiger partial charge in [-0.1, -0.05) is 5.16 Å². The number of furan rings is 1. The second kappa shape index (κ2) is 9.07. The topological polar surface area (TPSA) is 113 Å². The van der Waals surface area contributed by atoms with Crippen LogP contribution in [0.2, 0.25) is 0 Å². The SMILES string of the molecule is CSc1nc(-c2ccco2)nc(C)c1C(=O)OCC(=O)c1cc(C)n(-c2cc(C)on2)c1C. The van der Waals surface area contributed by atoms with Crippen molar-refractivity contribution in [3.8, 4) is 17.4 Å². The fourth-order valence-electron chi connectivity index (χ4n) is 3.58. The zero-order valence-electron chi connectivity index (χ0n) is 18.8. The third-order valence-corrected chi connectivity index (χ3v) is 5.79. The first-order valence-electron chi connectivity index (χ1n) is 10.1. The van der Waals surface area contributed by atoms with Crippen LogP contribution in [0.5, 0.6) is 0 Å². The Kier molecular flexibility index (Phi) is 6.19. The van der Waals surface area contributed by atoms with Crippen molar-refractivity contribution in [3.63, 3.8) is 0 Å². The normalized spacial score (nSPS) is 11.1. The Morgan fingerprint density at radius 2 is 1.94 bits per heavy atom. The van der Waals surface area contributed by atoms with Gasteiger partial charge in [-0.3, -0.25) is 9.36 Å². The van der Waals surface area contributed by atoms with E-state index in [4.69, 9.17) is 13.7 Å². The van der Waals surface area contributed by atoms with E-state index in [0.29, 0.717) is 45.1 Å². The number of rotatable bonds is 7. The highest BCUT2D eigenvalue weighted by Gasteiger charge is 2.24. The first kappa shape index (κ1) is 22.5. The van der Waals surface area contributed by atoms with E-state index in [0.717, 1.165) is 5.69 Å². The summed E-state index contributed by atoms with van der Waals surface area (Å²) in [5, 5.41) is 4.47. The maximum atomic E-state index is 12.9. The number of nitrogens with zero attached hydrogens (tertiary/aromatic N) is 4. The van der Waals surface area contributed by atoms with E-state index in [-0.39, 0.29) is 11.3 Å². The van der Waals surface area contributed by atoms with E-state index in [1.54, 1.807) is 44.4 Å². The number of carbonyl (C=O) groups is 2. The van der Waals surface area contributed by atoms with E-state index in [1.807, 2.05) is 18.4 Å². The van der Waals surface area contributed by atoms with Crippen molar-refractivity contribution < 1.29 is 23.3 Å². The van der Waals surface area contributed by atoms with Crippen LogP contribution in [-0.4, -0.2) is 44.3 Å². The van der Waals surface area contributed by atoms with Crippen molar-refractivity contribution in [2.24, 2.45) is 0 Å². The minimum Gasteiger partial charge on any atom is -0.461 e. The summed E-state index contributed by atoms with van der Waals surface area (Å²) in [6.45, 7) is 6.76. The zero-order chi connectivity index (χ0) is 23.7. The average molecular weight is 467 g/mol. The Bertz CT molecular complexity index is 1340. The van der Waals surface area contributed by atoms with Crippen LogP contribution in [0.4, 0.5) is 0 Å². The molecule has 0 spiro atoms. The monoisotopic (exact) mass is 466 g/mol. The summed E-state index contributed by atoms with van der Waals surface area (Å²) in [7, 11) is 0. The van der Waals surface area contributed by atoms with Crippen molar-refractivity contribution in [1.29, 1.82) is 0 Å². The molecule has 0 amide bonds. The summed E-state index contributed by atoms with van der Waals surface area (Å²) >= 11 is 1.29. The highest BCUT2D eigenvalue weighted by atomic mass is 32.2. The number of ether oxygens (including phenoxy) is 1. The van der Waals surface area contributed by atoms with Gasteiger partial charge in [-0.25, -0.2) is 14.8 Å². The van der Waals surface area contributed by atoms with Crippen LogP contribution < -0.4 is 0 Å². The number of thioether (sulfide) groups is 1. The molecule has 4 aromatic rings. The second-order valence-electron chi connectivity index (χ2n) is 7.41. The third kappa shape index (κ3) is 4.34. The molecular weight excluding hydrogens is 444 g/mol. The van der Waals surface area contributed by atoms with Crippen molar-refractivity contribution >= 4 is 23.5 Å². The molecule has 0 fully saturated rings. The number of hydrogen-bond donors (Lipinski definition) is 0. The lowest BCUT2D eigenvalue weighted by Gasteiger charge is -2.11. The number of hydrogen-bond acceptors (Lipinski definition) is 9. The Labute approximate surface area is 194 Å². The van der Waals surface area contributed by atoms with Crippen molar-refractivity contribution in [3.05, 3.63) is 64.5 Å². The molecule has 0 aliphatic heterocycles. The molecule has 0 aromatic carbocycles. The van der Waals surface area contributed by atoms with Gasteiger partial charge in [0.05, 0.1) is 12.0 Å². The summed E-state index contributed by atoms with van der Waals surface area (Å²) < 4.78 is 17.7. The number of aryl methyl sites for hydroxylation is 3. The van der Waals surface area contributed by atoms with Crippen molar-refractivity contribution in [2.45, 2.75) is 32.7 Å². The second-order valence-corrected chi connectivity index (χ2v) is 8.20. The summed E-state index contributed by atoms with van der Waals surface area (Å²) in [6.07, 6.45) is 3.33. The minimum absolute atomic E-state index is 0.231. The molecule has 0 N–H and O–H groups in total. The van der Waals surface area contributed by atoms with Crippen LogP contribution in [0.25, 0.3) is 17.4 Å². The van der Waals surface area contributed by atoms with Gasteiger partial charge in [-0.05, 0) is 52.1 Å². The smallest absolute Gasteiger partial charge is 0.343 e. The molecule has 0 atom stereocenters. The molecule has 0 saturated heterocycles. The van der Waals surface area contributed by atoms with Crippen LogP contribution in [0.15, 0.2) is 44.5 Å².